The minimum absolute atomic E-state index is 0.111. The van der Waals surface area contributed by atoms with E-state index in [1.807, 2.05) is 13.8 Å². The van der Waals surface area contributed by atoms with Gasteiger partial charge in [0.2, 0.25) is 5.95 Å². The second-order valence-electron chi connectivity index (χ2n) is 5.64. The maximum atomic E-state index is 11.1. The normalized spacial score (nSPS) is 21.2. The minimum Gasteiger partial charge on any atom is -0.478 e. The van der Waals surface area contributed by atoms with Crippen LogP contribution < -0.4 is 4.90 Å². The van der Waals surface area contributed by atoms with Crippen LogP contribution in [0.15, 0.2) is 30.6 Å². The van der Waals surface area contributed by atoms with E-state index < -0.39 is 5.97 Å². The molecule has 2 atom stereocenters. The molecule has 2 aromatic rings. The summed E-state index contributed by atoms with van der Waals surface area (Å²) in [7, 11) is 0. The Hall–Kier alpha value is -2.54. The molecule has 3 rings (SSSR count). The number of pyridine rings is 1. The van der Waals surface area contributed by atoms with Gasteiger partial charge in [0, 0.05) is 25.5 Å². The van der Waals surface area contributed by atoms with E-state index in [-0.39, 0.29) is 17.8 Å². The molecule has 1 aliphatic heterocycles. The van der Waals surface area contributed by atoms with E-state index in [4.69, 9.17) is 9.84 Å². The minimum atomic E-state index is -0.987. The van der Waals surface area contributed by atoms with Crippen molar-refractivity contribution < 1.29 is 14.6 Å². The van der Waals surface area contributed by atoms with E-state index >= 15 is 0 Å². The summed E-state index contributed by atoms with van der Waals surface area (Å²) >= 11 is 0. The Morgan fingerprint density at radius 1 is 1.17 bits per heavy atom. The molecule has 3 heterocycles. The summed E-state index contributed by atoms with van der Waals surface area (Å²) in [5.74, 6) is -0.384. The Bertz CT molecular complexity index is 712. The Balaban J connectivity index is 1.91. The first-order chi connectivity index (χ1) is 11.0. The molecule has 0 aromatic carbocycles. The Kier molecular flexibility index (Phi) is 4.20. The van der Waals surface area contributed by atoms with Gasteiger partial charge in [-0.05, 0) is 32.0 Å². The van der Waals surface area contributed by atoms with Gasteiger partial charge < -0.3 is 14.7 Å². The first-order valence-corrected chi connectivity index (χ1v) is 7.46. The van der Waals surface area contributed by atoms with Crippen molar-refractivity contribution in [2.24, 2.45) is 0 Å². The van der Waals surface area contributed by atoms with Crippen molar-refractivity contribution in [3.63, 3.8) is 0 Å². The van der Waals surface area contributed by atoms with Gasteiger partial charge in [-0.25, -0.2) is 14.8 Å². The third kappa shape index (κ3) is 3.45. The van der Waals surface area contributed by atoms with Gasteiger partial charge in [-0.2, -0.15) is 0 Å². The number of hydrogen-bond acceptors (Lipinski definition) is 6. The van der Waals surface area contributed by atoms with Crippen molar-refractivity contribution in [3.8, 4) is 11.4 Å². The molecule has 0 bridgehead atoms. The van der Waals surface area contributed by atoms with E-state index in [1.165, 1.54) is 18.3 Å². The summed E-state index contributed by atoms with van der Waals surface area (Å²) in [6.45, 7) is 5.47. The zero-order valence-electron chi connectivity index (χ0n) is 13.0. The number of morpholine rings is 1. The van der Waals surface area contributed by atoms with Crippen molar-refractivity contribution in [2.75, 3.05) is 18.0 Å². The van der Waals surface area contributed by atoms with Gasteiger partial charge in [0.25, 0.3) is 0 Å². The molecule has 0 spiro atoms. The van der Waals surface area contributed by atoms with Gasteiger partial charge in [0.1, 0.15) is 0 Å². The maximum absolute atomic E-state index is 11.1. The summed E-state index contributed by atoms with van der Waals surface area (Å²) in [5, 5.41) is 9.09. The van der Waals surface area contributed by atoms with Crippen LogP contribution in [0.3, 0.4) is 0 Å². The number of anilines is 1. The lowest BCUT2D eigenvalue weighted by atomic mass is 10.2. The number of carboxylic acid groups (broad SMARTS) is 1. The molecule has 2 unspecified atom stereocenters. The van der Waals surface area contributed by atoms with Crippen LogP contribution in [0.25, 0.3) is 11.4 Å². The smallest absolute Gasteiger partial charge is 0.335 e. The second kappa shape index (κ2) is 6.29. The van der Waals surface area contributed by atoms with Crippen LogP contribution in [0.1, 0.15) is 24.2 Å². The van der Waals surface area contributed by atoms with Crippen LogP contribution in [-0.4, -0.2) is 51.3 Å². The summed E-state index contributed by atoms with van der Waals surface area (Å²) in [4.78, 5) is 26.2. The molecule has 2 aromatic heterocycles. The second-order valence-corrected chi connectivity index (χ2v) is 5.64. The lowest BCUT2D eigenvalue weighted by molar-refractivity contribution is -0.00571. The Labute approximate surface area is 134 Å². The maximum Gasteiger partial charge on any atom is 0.335 e. The predicted octanol–water partition coefficient (Wildman–Crippen LogP) is 1.85. The molecular formula is C16H18N4O3. The highest BCUT2D eigenvalue weighted by molar-refractivity contribution is 5.88. The first kappa shape index (κ1) is 15.4. The van der Waals surface area contributed by atoms with Gasteiger partial charge in [-0.15, -0.1) is 0 Å². The van der Waals surface area contributed by atoms with Gasteiger partial charge >= 0.3 is 5.97 Å². The SMILES string of the molecule is CC1CN(c2nccc(-c3cc(C(=O)O)ccn3)n2)CC(C)O1. The van der Waals surface area contributed by atoms with Crippen LogP contribution in [0.2, 0.25) is 0 Å². The predicted molar refractivity (Wildman–Crippen MR) is 84.4 cm³/mol. The molecule has 0 saturated carbocycles. The number of carboxylic acids is 1. The zero-order valence-corrected chi connectivity index (χ0v) is 13.0. The third-order valence-electron chi connectivity index (χ3n) is 3.61. The largest absolute Gasteiger partial charge is 0.478 e. The molecule has 1 fully saturated rings. The first-order valence-electron chi connectivity index (χ1n) is 7.46. The van der Waals surface area contributed by atoms with E-state index in [1.54, 1.807) is 12.3 Å². The van der Waals surface area contributed by atoms with E-state index in [2.05, 4.69) is 19.9 Å². The van der Waals surface area contributed by atoms with E-state index in [0.29, 0.717) is 17.3 Å². The van der Waals surface area contributed by atoms with Crippen LogP contribution in [0.4, 0.5) is 5.95 Å². The standard InChI is InChI=1S/C16H18N4O3/c1-10-8-20(9-11(2)23-10)16-18-6-4-13(19-16)14-7-12(15(21)22)3-5-17-14/h3-7,10-11H,8-9H2,1-2H3,(H,21,22). The van der Waals surface area contributed by atoms with E-state index in [9.17, 15) is 4.79 Å². The van der Waals surface area contributed by atoms with Crippen LogP contribution >= 0.6 is 0 Å². The molecule has 7 heteroatoms. The highest BCUT2D eigenvalue weighted by Crippen LogP contribution is 2.20. The molecule has 0 aliphatic carbocycles. The van der Waals surface area contributed by atoms with Crippen molar-refractivity contribution in [1.82, 2.24) is 15.0 Å². The number of nitrogens with zero attached hydrogens (tertiary/aromatic N) is 4. The molecule has 0 radical (unpaired) electrons. The highest BCUT2D eigenvalue weighted by Gasteiger charge is 2.24. The summed E-state index contributed by atoms with van der Waals surface area (Å²) in [5.41, 5.74) is 1.30. The number of carbonyl (C=O) groups is 1. The molecule has 1 N–H and O–H groups in total. The quantitative estimate of drug-likeness (QED) is 0.924. The van der Waals surface area contributed by atoms with Gasteiger partial charge in [-0.3, -0.25) is 4.98 Å². The van der Waals surface area contributed by atoms with Crippen molar-refractivity contribution >= 4 is 11.9 Å². The number of hydrogen-bond donors (Lipinski definition) is 1. The van der Waals surface area contributed by atoms with Crippen molar-refractivity contribution in [1.29, 1.82) is 0 Å². The third-order valence-corrected chi connectivity index (χ3v) is 3.61. The highest BCUT2D eigenvalue weighted by atomic mass is 16.5. The van der Waals surface area contributed by atoms with Crippen molar-refractivity contribution in [2.45, 2.75) is 26.1 Å². The van der Waals surface area contributed by atoms with Gasteiger partial charge in [0.15, 0.2) is 0 Å². The number of rotatable bonds is 3. The molecule has 7 nitrogen and oxygen atoms in total. The summed E-state index contributed by atoms with van der Waals surface area (Å²) in [6.07, 6.45) is 3.36. The monoisotopic (exact) mass is 314 g/mol. The zero-order chi connectivity index (χ0) is 16.4. The molecule has 1 saturated heterocycles. The van der Waals surface area contributed by atoms with Crippen LogP contribution in [0, 0.1) is 0 Å². The number of aromatic nitrogens is 3. The fourth-order valence-corrected chi connectivity index (χ4v) is 2.69. The average Bonchev–Trinajstić information content (AvgIpc) is 2.54. The Morgan fingerprint density at radius 3 is 2.57 bits per heavy atom. The van der Waals surface area contributed by atoms with Crippen LogP contribution in [0.5, 0.6) is 0 Å². The summed E-state index contributed by atoms with van der Waals surface area (Å²) < 4.78 is 5.72. The Morgan fingerprint density at radius 2 is 1.87 bits per heavy atom. The fraction of sp³-hybridized carbons (Fsp3) is 0.375. The molecule has 120 valence electrons. The number of ether oxygens (including phenoxy) is 1. The molecule has 1 aliphatic rings. The number of aromatic carboxylic acids is 1. The van der Waals surface area contributed by atoms with Crippen molar-refractivity contribution in [3.05, 3.63) is 36.2 Å². The summed E-state index contributed by atoms with van der Waals surface area (Å²) in [6, 6.07) is 4.70. The molecule has 23 heavy (non-hydrogen) atoms. The fourth-order valence-electron chi connectivity index (χ4n) is 2.69. The van der Waals surface area contributed by atoms with Gasteiger partial charge in [-0.1, -0.05) is 0 Å². The molecule has 0 amide bonds. The lowest BCUT2D eigenvalue weighted by Crippen LogP contribution is -2.46. The van der Waals surface area contributed by atoms with Crippen LogP contribution in [-0.2, 0) is 4.74 Å². The lowest BCUT2D eigenvalue weighted by Gasteiger charge is -2.35. The topological polar surface area (TPSA) is 88.4 Å². The van der Waals surface area contributed by atoms with E-state index in [0.717, 1.165) is 13.1 Å². The molecular weight excluding hydrogens is 296 g/mol. The average molecular weight is 314 g/mol. The van der Waals surface area contributed by atoms with Gasteiger partial charge in [0.05, 0.1) is 29.2 Å².